The average Bonchev–Trinajstić information content (AvgIpc) is 3.27. The highest BCUT2D eigenvalue weighted by Gasteiger charge is 2.16. The number of aromatic nitrogens is 4. The van der Waals surface area contributed by atoms with Gasteiger partial charge in [0.05, 0.1) is 29.9 Å². The summed E-state index contributed by atoms with van der Waals surface area (Å²) in [5.41, 5.74) is 9.40. The molecule has 0 aliphatic heterocycles. The number of anilines is 2. The lowest BCUT2D eigenvalue weighted by Crippen LogP contribution is -2.07. The highest BCUT2D eigenvalue weighted by Crippen LogP contribution is 2.35. The molecule has 0 radical (unpaired) electrons. The van der Waals surface area contributed by atoms with E-state index in [1.165, 1.54) is 12.4 Å². The summed E-state index contributed by atoms with van der Waals surface area (Å²) in [6, 6.07) is 16.3. The second-order valence-electron chi connectivity index (χ2n) is 7.00. The largest absolute Gasteiger partial charge is 0.438 e. The van der Waals surface area contributed by atoms with Crippen molar-refractivity contribution < 1.29 is 9.53 Å². The molecule has 0 bridgehead atoms. The number of amides is 1. The van der Waals surface area contributed by atoms with E-state index < -0.39 is 0 Å². The zero-order valence-electron chi connectivity index (χ0n) is 17.5. The van der Waals surface area contributed by atoms with Crippen LogP contribution in [-0.2, 0) is 11.3 Å². The summed E-state index contributed by atoms with van der Waals surface area (Å²) in [4.78, 5) is 19.9. The molecule has 1 amide bonds. The second-order valence-corrected chi connectivity index (χ2v) is 7.00. The van der Waals surface area contributed by atoms with Crippen LogP contribution in [0.1, 0.15) is 11.1 Å². The van der Waals surface area contributed by atoms with Crippen LogP contribution in [0.2, 0.25) is 0 Å². The molecule has 0 spiro atoms. The van der Waals surface area contributed by atoms with Crippen molar-refractivity contribution in [1.29, 1.82) is 5.26 Å². The maximum atomic E-state index is 11.6. The molecule has 9 heteroatoms. The van der Waals surface area contributed by atoms with E-state index in [1.54, 1.807) is 41.2 Å². The summed E-state index contributed by atoms with van der Waals surface area (Å²) in [7, 11) is 0. The quantitative estimate of drug-likeness (QED) is 0.421. The Morgan fingerprint density at radius 3 is 2.91 bits per heavy atom. The highest BCUT2D eigenvalue weighted by atomic mass is 16.5. The monoisotopic (exact) mass is 437 g/mol. The number of rotatable bonds is 7. The average molecular weight is 437 g/mol. The van der Waals surface area contributed by atoms with Gasteiger partial charge in [-0.05, 0) is 35.9 Å². The highest BCUT2D eigenvalue weighted by molar-refractivity contribution is 5.98. The van der Waals surface area contributed by atoms with Gasteiger partial charge in [0.2, 0.25) is 11.8 Å². The van der Waals surface area contributed by atoms with Crippen molar-refractivity contribution in [2.45, 2.75) is 6.54 Å². The van der Waals surface area contributed by atoms with E-state index in [1.807, 2.05) is 24.4 Å². The van der Waals surface area contributed by atoms with Crippen LogP contribution in [0.4, 0.5) is 11.5 Å². The number of ether oxygens (including phenoxy) is 1. The van der Waals surface area contributed by atoms with E-state index in [0.717, 1.165) is 5.56 Å². The molecule has 0 aliphatic carbocycles. The number of benzene rings is 2. The van der Waals surface area contributed by atoms with Gasteiger partial charge >= 0.3 is 0 Å². The number of hydrogen-bond acceptors (Lipinski definition) is 7. The van der Waals surface area contributed by atoms with Crippen LogP contribution in [0.5, 0.6) is 11.6 Å². The van der Waals surface area contributed by atoms with Gasteiger partial charge in [-0.2, -0.15) is 10.4 Å². The van der Waals surface area contributed by atoms with Crippen molar-refractivity contribution in [3.8, 4) is 28.8 Å². The van der Waals surface area contributed by atoms with E-state index in [2.05, 4.69) is 33.0 Å². The number of nitriles is 1. The molecule has 4 aromatic rings. The molecule has 9 nitrogen and oxygen atoms in total. The molecule has 2 aromatic carbocycles. The molecule has 0 unspecified atom stereocenters. The molecule has 0 saturated carbocycles. The van der Waals surface area contributed by atoms with Gasteiger partial charge in [0, 0.05) is 23.5 Å². The maximum Gasteiger partial charge on any atom is 0.247 e. The van der Waals surface area contributed by atoms with Crippen LogP contribution in [0.15, 0.2) is 79.9 Å². The number of nitrogens with one attached hydrogen (secondary N) is 1. The van der Waals surface area contributed by atoms with E-state index in [4.69, 9.17) is 15.7 Å². The van der Waals surface area contributed by atoms with Crippen molar-refractivity contribution in [3.63, 3.8) is 0 Å². The molecule has 0 fully saturated rings. The summed E-state index contributed by atoms with van der Waals surface area (Å²) in [6.45, 7) is 3.92. The molecule has 33 heavy (non-hydrogen) atoms. The molecule has 2 aromatic heterocycles. The van der Waals surface area contributed by atoms with Gasteiger partial charge in [-0.1, -0.05) is 24.8 Å². The SMILES string of the molecule is C=CC(=O)Nc1cccc(Oc2ncnc(N)c2-c2cnn(Cc3cccc(C#N)c3)c2)c1. The first kappa shape index (κ1) is 21.3. The van der Waals surface area contributed by atoms with Gasteiger partial charge in [-0.25, -0.2) is 9.97 Å². The molecule has 2 heterocycles. The minimum atomic E-state index is -0.327. The minimum absolute atomic E-state index is 0.238. The Morgan fingerprint density at radius 2 is 2.09 bits per heavy atom. The Bertz CT molecular complexity index is 1370. The van der Waals surface area contributed by atoms with E-state index in [9.17, 15) is 4.79 Å². The lowest BCUT2D eigenvalue weighted by atomic mass is 10.1. The Kier molecular flexibility index (Phi) is 6.09. The van der Waals surface area contributed by atoms with E-state index in [0.29, 0.717) is 34.7 Å². The summed E-state index contributed by atoms with van der Waals surface area (Å²) in [6.07, 6.45) is 5.96. The molecule has 0 atom stereocenters. The first-order valence-corrected chi connectivity index (χ1v) is 9.89. The summed E-state index contributed by atoms with van der Waals surface area (Å²) in [5, 5.41) is 16.2. The van der Waals surface area contributed by atoms with Crippen LogP contribution >= 0.6 is 0 Å². The van der Waals surface area contributed by atoms with Gasteiger partial charge in [0.15, 0.2) is 0 Å². The molecule has 3 N–H and O–H groups in total. The van der Waals surface area contributed by atoms with Gasteiger partial charge in [0.1, 0.15) is 17.9 Å². The zero-order chi connectivity index (χ0) is 23.2. The second kappa shape index (κ2) is 9.45. The Morgan fingerprint density at radius 1 is 1.24 bits per heavy atom. The third-order valence-electron chi connectivity index (χ3n) is 4.67. The summed E-state index contributed by atoms with van der Waals surface area (Å²) in [5.74, 6) is 0.617. The predicted molar refractivity (Wildman–Crippen MR) is 123 cm³/mol. The Labute approximate surface area is 189 Å². The van der Waals surface area contributed by atoms with Crippen LogP contribution < -0.4 is 15.8 Å². The number of carbonyl (C=O) groups is 1. The fourth-order valence-electron chi connectivity index (χ4n) is 3.18. The zero-order valence-corrected chi connectivity index (χ0v) is 17.5. The standard InChI is InChI=1S/C24H19N7O2/c1-2-21(32)30-19-7-4-8-20(10-19)33-24-22(23(26)27-15-28-24)18-12-29-31(14-18)13-17-6-3-5-16(9-17)11-25/h2-10,12,14-15H,1,13H2,(H,30,32)(H2,26,27,28). The number of nitrogen functional groups attached to an aromatic ring is 1. The minimum Gasteiger partial charge on any atom is -0.438 e. The fraction of sp³-hybridized carbons (Fsp3) is 0.0417. The van der Waals surface area contributed by atoms with E-state index >= 15 is 0 Å². The molecular weight excluding hydrogens is 418 g/mol. The maximum absolute atomic E-state index is 11.6. The predicted octanol–water partition coefficient (Wildman–Crippen LogP) is 3.76. The normalized spacial score (nSPS) is 10.3. The third-order valence-corrected chi connectivity index (χ3v) is 4.67. The third kappa shape index (κ3) is 5.03. The molecular formula is C24H19N7O2. The number of nitrogens with two attached hydrogens (primary N) is 1. The molecule has 0 aliphatic rings. The van der Waals surface area contributed by atoms with Crippen LogP contribution in [0.25, 0.3) is 11.1 Å². The number of carbonyl (C=O) groups excluding carboxylic acids is 1. The lowest BCUT2D eigenvalue weighted by molar-refractivity contribution is -0.111. The van der Waals surface area contributed by atoms with Crippen molar-refractivity contribution in [2.75, 3.05) is 11.1 Å². The van der Waals surface area contributed by atoms with Crippen molar-refractivity contribution in [1.82, 2.24) is 19.7 Å². The number of nitrogens with zero attached hydrogens (tertiary/aromatic N) is 5. The van der Waals surface area contributed by atoms with Crippen LogP contribution in [0, 0.1) is 11.3 Å². The molecule has 162 valence electrons. The first-order valence-electron chi connectivity index (χ1n) is 9.89. The smallest absolute Gasteiger partial charge is 0.247 e. The molecule has 4 rings (SSSR count). The lowest BCUT2D eigenvalue weighted by Gasteiger charge is -2.11. The Balaban J connectivity index is 1.60. The van der Waals surface area contributed by atoms with Gasteiger partial charge in [-0.3, -0.25) is 9.48 Å². The topological polar surface area (TPSA) is 132 Å². The summed E-state index contributed by atoms with van der Waals surface area (Å²) < 4.78 is 7.71. The van der Waals surface area contributed by atoms with Crippen LogP contribution in [0.3, 0.4) is 0 Å². The number of hydrogen-bond donors (Lipinski definition) is 2. The van der Waals surface area contributed by atoms with Gasteiger partial charge in [-0.15, -0.1) is 0 Å². The van der Waals surface area contributed by atoms with Crippen molar-refractivity contribution in [2.24, 2.45) is 0 Å². The first-order chi connectivity index (χ1) is 16.1. The van der Waals surface area contributed by atoms with Gasteiger partial charge < -0.3 is 15.8 Å². The van der Waals surface area contributed by atoms with E-state index in [-0.39, 0.29) is 17.6 Å². The summed E-state index contributed by atoms with van der Waals surface area (Å²) >= 11 is 0. The van der Waals surface area contributed by atoms with Crippen molar-refractivity contribution in [3.05, 3.63) is 91.0 Å². The fourth-order valence-corrected chi connectivity index (χ4v) is 3.18. The van der Waals surface area contributed by atoms with Gasteiger partial charge in [0.25, 0.3) is 0 Å². The molecule has 0 saturated heterocycles. The Hall–Kier alpha value is -4.97. The van der Waals surface area contributed by atoms with Crippen molar-refractivity contribution >= 4 is 17.4 Å². The van der Waals surface area contributed by atoms with Crippen LogP contribution in [-0.4, -0.2) is 25.7 Å².